The SMILES string of the molecule is CP(C)C[C-](c1ccccc1)c1ccccc1.[C-]1=CC=CC1.[Cl-].[Cl-].[Cl-].[Hf]. The van der Waals surface area contributed by atoms with Gasteiger partial charge in [-0.2, -0.15) is 6.08 Å². The van der Waals surface area contributed by atoms with E-state index in [1.54, 1.807) is 0 Å². The monoisotopic (exact) mass is 591 g/mol. The van der Waals surface area contributed by atoms with E-state index in [0.717, 1.165) is 6.42 Å². The normalized spacial score (nSPS) is 10.3. The zero-order chi connectivity index (χ0) is 15.6. The average Bonchev–Trinajstić information content (AvgIpc) is 3.14. The van der Waals surface area contributed by atoms with E-state index in [4.69, 9.17) is 0 Å². The van der Waals surface area contributed by atoms with Crippen molar-refractivity contribution in [1.29, 1.82) is 0 Å². The van der Waals surface area contributed by atoms with Gasteiger partial charge in [0.2, 0.25) is 0 Å². The smallest absolute Gasteiger partial charge is 0 e. The molecule has 0 saturated heterocycles. The second-order valence-electron chi connectivity index (χ2n) is 5.45. The zero-order valence-corrected chi connectivity index (χ0v) is 21.8. The van der Waals surface area contributed by atoms with Gasteiger partial charge in [0.05, 0.1) is 0 Å². The van der Waals surface area contributed by atoms with Crippen molar-refractivity contribution in [2.45, 2.75) is 6.42 Å². The molecule has 0 unspecified atom stereocenters. The van der Waals surface area contributed by atoms with E-state index in [-0.39, 0.29) is 71.0 Å². The summed E-state index contributed by atoms with van der Waals surface area (Å²) in [6, 6.07) is 21.5. The standard InChI is InChI=1S/C16H18P.C5H5.3ClH.Hf/c1-17(2)13-16(14-9-5-3-6-10-14)15-11-7-4-8-12-15;1-2-4-5-3-1;;;;/h3-12H,13H2,1-2H3;1-3H,4H2;3*1H;/q2*-1;;;;/p-3. The maximum atomic E-state index is 2.99. The minimum absolute atomic E-state index is 0. The van der Waals surface area contributed by atoms with Crippen molar-refractivity contribution < 1.29 is 63.1 Å². The number of halogens is 3. The minimum atomic E-state index is 0. The Kier molecular flexibility index (Phi) is 21.6. The van der Waals surface area contributed by atoms with E-state index in [1.165, 1.54) is 23.2 Å². The van der Waals surface area contributed by atoms with Crippen LogP contribution >= 0.6 is 7.92 Å². The van der Waals surface area contributed by atoms with Crippen LogP contribution in [0.1, 0.15) is 17.5 Å². The average molecular weight is 591 g/mol. The quantitative estimate of drug-likeness (QED) is 0.199. The van der Waals surface area contributed by atoms with Gasteiger partial charge in [-0.15, -0.1) is 55.7 Å². The van der Waals surface area contributed by atoms with E-state index in [2.05, 4.69) is 86.1 Å². The zero-order valence-electron chi connectivity index (χ0n) is 15.0. The predicted molar refractivity (Wildman–Crippen MR) is 99.5 cm³/mol. The maximum Gasteiger partial charge on any atom is 0 e. The molecule has 2 aromatic rings. The van der Waals surface area contributed by atoms with E-state index < -0.39 is 0 Å². The van der Waals surface area contributed by atoms with Crippen molar-refractivity contribution in [3.63, 3.8) is 0 Å². The summed E-state index contributed by atoms with van der Waals surface area (Å²) in [7, 11) is 0.0759. The fourth-order valence-electron chi connectivity index (χ4n) is 2.28. The molecule has 0 bridgehead atoms. The fraction of sp³-hybridized carbons (Fsp3) is 0.190. The van der Waals surface area contributed by atoms with Crippen LogP contribution in [0.3, 0.4) is 0 Å². The Labute approximate surface area is 197 Å². The summed E-state index contributed by atoms with van der Waals surface area (Å²) in [5.41, 5.74) is 2.71. The summed E-state index contributed by atoms with van der Waals surface area (Å²) >= 11 is 0. The van der Waals surface area contributed by atoms with Crippen molar-refractivity contribution in [3.8, 4) is 0 Å². The number of hydrogen-bond acceptors (Lipinski definition) is 0. The van der Waals surface area contributed by atoms with Gasteiger partial charge in [-0.25, -0.2) is 12.2 Å². The van der Waals surface area contributed by atoms with Gasteiger partial charge in [-0.05, 0) is 19.5 Å². The number of hydrogen-bond donors (Lipinski definition) is 0. The molecule has 26 heavy (non-hydrogen) atoms. The number of rotatable bonds is 4. The number of allylic oxidation sites excluding steroid dienone is 4. The van der Waals surface area contributed by atoms with Gasteiger partial charge in [0.15, 0.2) is 0 Å². The van der Waals surface area contributed by atoms with Crippen molar-refractivity contribution >= 4 is 7.92 Å². The van der Waals surface area contributed by atoms with Crippen LogP contribution in [0, 0.1) is 12.0 Å². The molecule has 3 rings (SSSR count). The first-order chi connectivity index (χ1) is 10.8. The van der Waals surface area contributed by atoms with E-state index in [1.807, 2.05) is 12.2 Å². The Bertz CT molecular complexity index is 552. The molecule has 2 aromatic carbocycles. The molecule has 5 heteroatoms. The third-order valence-electron chi connectivity index (χ3n) is 3.30. The molecule has 0 atom stereocenters. The Morgan fingerprint density at radius 3 is 1.58 bits per heavy atom. The van der Waals surface area contributed by atoms with Crippen molar-refractivity contribution in [2.75, 3.05) is 19.5 Å². The van der Waals surface area contributed by atoms with Crippen LogP contribution in [0.15, 0.2) is 78.9 Å². The van der Waals surface area contributed by atoms with Crippen LogP contribution in [0.4, 0.5) is 0 Å². The third kappa shape index (κ3) is 11.6. The van der Waals surface area contributed by atoms with Gasteiger partial charge in [0, 0.05) is 25.8 Å². The third-order valence-corrected chi connectivity index (χ3v) is 4.25. The first-order valence-electron chi connectivity index (χ1n) is 7.60. The van der Waals surface area contributed by atoms with Crippen LogP contribution in [0.25, 0.3) is 0 Å². The van der Waals surface area contributed by atoms with Crippen LogP contribution in [0.5, 0.6) is 0 Å². The van der Waals surface area contributed by atoms with Gasteiger partial charge in [-0.3, -0.25) is 6.08 Å². The van der Waals surface area contributed by atoms with E-state index in [9.17, 15) is 0 Å². The van der Waals surface area contributed by atoms with Gasteiger partial charge in [0.25, 0.3) is 0 Å². The van der Waals surface area contributed by atoms with Crippen LogP contribution < -0.4 is 37.2 Å². The summed E-state index contributed by atoms with van der Waals surface area (Å²) in [4.78, 5) is 0. The Balaban J connectivity index is -0.000000515. The summed E-state index contributed by atoms with van der Waals surface area (Å²) in [5.74, 6) is 1.47. The number of benzene rings is 2. The van der Waals surface area contributed by atoms with Gasteiger partial charge in [-0.1, -0.05) is 36.4 Å². The molecule has 1 aliphatic rings. The molecule has 0 nitrogen and oxygen atoms in total. The minimum Gasteiger partial charge on any atom is -1.00 e. The summed E-state index contributed by atoms with van der Waals surface area (Å²) < 4.78 is 0. The predicted octanol–water partition coefficient (Wildman–Crippen LogP) is -3.29. The van der Waals surface area contributed by atoms with Crippen molar-refractivity contribution in [3.05, 3.63) is 102 Å². The summed E-state index contributed by atoms with van der Waals surface area (Å²) in [6.07, 6.45) is 11.2. The molecular formula is C21H23Cl3HfP-5. The molecule has 0 N–H and O–H groups in total. The van der Waals surface area contributed by atoms with E-state index >= 15 is 0 Å². The second kappa shape index (κ2) is 18.3. The molecule has 0 amide bonds. The molecule has 0 aliphatic heterocycles. The first-order valence-corrected chi connectivity index (χ1v) is 10.0. The molecule has 0 aromatic heterocycles. The van der Waals surface area contributed by atoms with Crippen molar-refractivity contribution in [1.82, 2.24) is 0 Å². The Morgan fingerprint density at radius 1 is 0.846 bits per heavy atom. The molecule has 0 radical (unpaired) electrons. The molecule has 0 heterocycles. The molecule has 1 aliphatic carbocycles. The Hall–Kier alpha value is -0.0399. The van der Waals surface area contributed by atoms with Gasteiger partial charge in [0.1, 0.15) is 0 Å². The Morgan fingerprint density at radius 2 is 1.31 bits per heavy atom. The molecular weight excluding hydrogens is 568 g/mol. The summed E-state index contributed by atoms with van der Waals surface area (Å²) in [6.45, 7) is 4.67. The molecule has 0 saturated carbocycles. The van der Waals surface area contributed by atoms with E-state index in [0.29, 0.717) is 0 Å². The maximum absolute atomic E-state index is 2.99. The van der Waals surface area contributed by atoms with Crippen LogP contribution in [-0.2, 0) is 25.8 Å². The van der Waals surface area contributed by atoms with Gasteiger partial charge >= 0.3 is 0 Å². The topological polar surface area (TPSA) is 0 Å². The largest absolute Gasteiger partial charge is 1.00 e. The van der Waals surface area contributed by atoms with Gasteiger partial charge < -0.3 is 37.2 Å². The van der Waals surface area contributed by atoms with Crippen molar-refractivity contribution in [2.24, 2.45) is 0 Å². The first kappa shape index (κ1) is 30.7. The van der Waals surface area contributed by atoms with Crippen LogP contribution in [-0.4, -0.2) is 19.5 Å². The molecule has 0 fully saturated rings. The molecule has 0 spiro atoms. The second-order valence-corrected chi connectivity index (χ2v) is 7.93. The fourth-order valence-corrected chi connectivity index (χ4v) is 3.28. The summed E-state index contributed by atoms with van der Waals surface area (Å²) in [5, 5.41) is 0. The van der Waals surface area contributed by atoms with Crippen LogP contribution in [0.2, 0.25) is 0 Å². The molecule has 142 valence electrons.